The van der Waals surface area contributed by atoms with Crippen LogP contribution in [-0.4, -0.2) is 7.11 Å². The van der Waals surface area contributed by atoms with Crippen LogP contribution >= 0.6 is 0 Å². The summed E-state index contributed by atoms with van der Waals surface area (Å²) in [5.74, 6) is 5.54. The first-order chi connectivity index (χ1) is 9.65. The van der Waals surface area contributed by atoms with E-state index in [0.717, 1.165) is 11.1 Å². The van der Waals surface area contributed by atoms with Gasteiger partial charge in [0.25, 0.3) is 0 Å². The Morgan fingerprint density at radius 1 is 1.25 bits per heavy atom. The molecule has 0 radical (unpaired) electrons. The zero-order valence-corrected chi connectivity index (χ0v) is 11.7. The fourth-order valence-corrected chi connectivity index (χ4v) is 2.25. The van der Waals surface area contributed by atoms with Crippen molar-refractivity contribution in [2.24, 2.45) is 5.84 Å². The maximum Gasteiger partial charge on any atom is 0.168 e. The highest BCUT2D eigenvalue weighted by atomic mass is 19.1. The lowest BCUT2D eigenvalue weighted by molar-refractivity contribution is 0.382. The van der Waals surface area contributed by atoms with Crippen molar-refractivity contribution in [2.75, 3.05) is 7.11 Å². The Balaban J connectivity index is 2.27. The summed E-state index contributed by atoms with van der Waals surface area (Å²) >= 11 is 0. The normalized spacial score (nSPS) is 12.2. The second-order valence-corrected chi connectivity index (χ2v) is 4.77. The Morgan fingerprint density at radius 2 is 2.00 bits per heavy atom. The maximum atomic E-state index is 14.2. The van der Waals surface area contributed by atoms with Gasteiger partial charge in [-0.15, -0.1) is 0 Å². The molecule has 1 atom stereocenters. The van der Waals surface area contributed by atoms with Crippen molar-refractivity contribution in [1.82, 2.24) is 5.43 Å². The Hall–Kier alpha value is -1.91. The van der Waals surface area contributed by atoms with E-state index in [2.05, 4.69) is 5.43 Å². The van der Waals surface area contributed by atoms with Crippen molar-refractivity contribution in [2.45, 2.75) is 19.4 Å². The van der Waals surface area contributed by atoms with Gasteiger partial charge in [0, 0.05) is 0 Å². The summed E-state index contributed by atoms with van der Waals surface area (Å²) in [4.78, 5) is 0. The molecule has 106 valence electrons. The summed E-state index contributed by atoms with van der Waals surface area (Å²) in [7, 11) is 1.46. The SMILES string of the molecule is COc1cccc(CC(NN)c2cccc(C)c2)c1F. The fraction of sp³-hybridized carbons (Fsp3) is 0.250. The second kappa shape index (κ2) is 6.50. The molecule has 0 aliphatic rings. The Bertz CT molecular complexity index is 586. The van der Waals surface area contributed by atoms with Gasteiger partial charge in [-0.3, -0.25) is 11.3 Å². The molecule has 0 aromatic heterocycles. The van der Waals surface area contributed by atoms with Crippen molar-refractivity contribution in [3.8, 4) is 5.75 Å². The van der Waals surface area contributed by atoms with E-state index in [-0.39, 0.29) is 17.6 Å². The number of benzene rings is 2. The molecule has 0 aliphatic heterocycles. The summed E-state index contributed by atoms with van der Waals surface area (Å²) in [5, 5.41) is 0. The molecule has 1 unspecified atom stereocenters. The fourth-order valence-electron chi connectivity index (χ4n) is 2.25. The van der Waals surface area contributed by atoms with Crippen molar-refractivity contribution in [3.05, 3.63) is 65.0 Å². The van der Waals surface area contributed by atoms with E-state index in [4.69, 9.17) is 10.6 Å². The van der Waals surface area contributed by atoms with Crippen LogP contribution in [0.1, 0.15) is 22.7 Å². The number of halogens is 1. The summed E-state index contributed by atoms with van der Waals surface area (Å²) in [5.41, 5.74) is 5.51. The molecule has 0 saturated heterocycles. The van der Waals surface area contributed by atoms with E-state index in [9.17, 15) is 4.39 Å². The number of methoxy groups -OCH3 is 1. The Labute approximate surface area is 118 Å². The van der Waals surface area contributed by atoms with Gasteiger partial charge in [-0.2, -0.15) is 0 Å². The van der Waals surface area contributed by atoms with Crippen molar-refractivity contribution >= 4 is 0 Å². The monoisotopic (exact) mass is 274 g/mol. The van der Waals surface area contributed by atoms with Crippen LogP contribution in [0, 0.1) is 12.7 Å². The molecule has 2 rings (SSSR count). The number of hydrogen-bond acceptors (Lipinski definition) is 3. The largest absolute Gasteiger partial charge is 0.494 e. The highest BCUT2D eigenvalue weighted by Gasteiger charge is 2.15. The van der Waals surface area contributed by atoms with Gasteiger partial charge in [0.05, 0.1) is 13.2 Å². The third-order valence-corrected chi connectivity index (χ3v) is 3.33. The summed E-state index contributed by atoms with van der Waals surface area (Å²) in [6.07, 6.45) is 0.461. The lowest BCUT2D eigenvalue weighted by Gasteiger charge is -2.18. The zero-order valence-electron chi connectivity index (χ0n) is 11.7. The van der Waals surface area contributed by atoms with E-state index in [0.29, 0.717) is 12.0 Å². The van der Waals surface area contributed by atoms with E-state index < -0.39 is 0 Å². The quantitative estimate of drug-likeness (QED) is 0.651. The van der Waals surface area contributed by atoms with Gasteiger partial charge in [0.1, 0.15) is 0 Å². The highest BCUT2D eigenvalue weighted by molar-refractivity contribution is 5.33. The predicted octanol–water partition coefficient (Wildman–Crippen LogP) is 2.89. The lowest BCUT2D eigenvalue weighted by atomic mass is 9.97. The second-order valence-electron chi connectivity index (χ2n) is 4.77. The van der Waals surface area contributed by atoms with Crippen LogP contribution in [0.2, 0.25) is 0 Å². The van der Waals surface area contributed by atoms with Crippen LogP contribution in [0.5, 0.6) is 5.75 Å². The summed E-state index contributed by atoms with van der Waals surface area (Å²) in [6.45, 7) is 2.02. The van der Waals surface area contributed by atoms with Crippen LogP contribution in [0.4, 0.5) is 4.39 Å². The average molecular weight is 274 g/mol. The number of rotatable bonds is 5. The molecule has 0 heterocycles. The minimum absolute atomic E-state index is 0.142. The maximum absolute atomic E-state index is 14.2. The smallest absolute Gasteiger partial charge is 0.168 e. The van der Waals surface area contributed by atoms with Crippen LogP contribution in [0.15, 0.2) is 42.5 Å². The molecule has 4 heteroatoms. The lowest BCUT2D eigenvalue weighted by Crippen LogP contribution is -2.29. The van der Waals surface area contributed by atoms with Crippen LogP contribution in [-0.2, 0) is 6.42 Å². The number of hydrogen-bond donors (Lipinski definition) is 2. The predicted molar refractivity (Wildman–Crippen MR) is 77.9 cm³/mol. The van der Waals surface area contributed by atoms with E-state index in [1.165, 1.54) is 7.11 Å². The van der Waals surface area contributed by atoms with Gasteiger partial charge >= 0.3 is 0 Å². The molecular formula is C16H19FN2O. The molecule has 0 saturated carbocycles. The Kier molecular flexibility index (Phi) is 4.71. The molecule has 2 aromatic carbocycles. The number of nitrogens with two attached hydrogens (primary N) is 1. The van der Waals surface area contributed by atoms with Gasteiger partial charge in [0.15, 0.2) is 11.6 Å². The van der Waals surface area contributed by atoms with E-state index >= 15 is 0 Å². The number of nitrogens with one attached hydrogen (secondary N) is 1. The summed E-state index contributed by atoms with van der Waals surface area (Å²) in [6, 6.07) is 13.0. The van der Waals surface area contributed by atoms with Crippen LogP contribution in [0.3, 0.4) is 0 Å². The van der Waals surface area contributed by atoms with Crippen molar-refractivity contribution in [3.63, 3.8) is 0 Å². The topological polar surface area (TPSA) is 47.3 Å². The molecule has 3 nitrogen and oxygen atoms in total. The molecule has 0 aliphatic carbocycles. The first kappa shape index (κ1) is 14.5. The standard InChI is InChI=1S/C16H19FN2O/c1-11-5-3-6-12(9-11)14(19-18)10-13-7-4-8-15(20-2)16(13)17/h3-9,14,19H,10,18H2,1-2H3. The molecule has 20 heavy (non-hydrogen) atoms. The molecule has 0 fully saturated rings. The molecule has 2 aromatic rings. The molecule has 0 spiro atoms. The zero-order chi connectivity index (χ0) is 14.5. The van der Waals surface area contributed by atoms with Crippen LogP contribution < -0.4 is 16.0 Å². The number of ether oxygens (including phenoxy) is 1. The first-order valence-corrected chi connectivity index (χ1v) is 6.49. The molecular weight excluding hydrogens is 255 g/mol. The third kappa shape index (κ3) is 3.15. The van der Waals surface area contributed by atoms with Gasteiger partial charge in [-0.25, -0.2) is 4.39 Å². The van der Waals surface area contributed by atoms with Crippen LogP contribution in [0.25, 0.3) is 0 Å². The van der Waals surface area contributed by atoms with Gasteiger partial charge in [0.2, 0.25) is 0 Å². The summed E-state index contributed by atoms with van der Waals surface area (Å²) < 4.78 is 19.2. The first-order valence-electron chi connectivity index (χ1n) is 6.49. The minimum atomic E-state index is -0.331. The average Bonchev–Trinajstić information content (AvgIpc) is 2.46. The van der Waals surface area contributed by atoms with Gasteiger partial charge in [-0.05, 0) is 30.5 Å². The Morgan fingerprint density at radius 3 is 2.65 bits per heavy atom. The van der Waals surface area contributed by atoms with Gasteiger partial charge < -0.3 is 4.74 Å². The number of hydrazine groups is 1. The number of aryl methyl sites for hydroxylation is 1. The molecule has 3 N–H and O–H groups in total. The molecule has 0 bridgehead atoms. The van der Waals surface area contributed by atoms with E-state index in [1.54, 1.807) is 18.2 Å². The minimum Gasteiger partial charge on any atom is -0.494 e. The molecule has 0 amide bonds. The van der Waals surface area contributed by atoms with Gasteiger partial charge in [-0.1, -0.05) is 42.0 Å². The van der Waals surface area contributed by atoms with Crippen molar-refractivity contribution in [1.29, 1.82) is 0 Å². The third-order valence-electron chi connectivity index (χ3n) is 3.33. The van der Waals surface area contributed by atoms with E-state index in [1.807, 2.05) is 31.2 Å². The van der Waals surface area contributed by atoms with Crippen molar-refractivity contribution < 1.29 is 9.13 Å². The highest BCUT2D eigenvalue weighted by Crippen LogP contribution is 2.25.